The fraction of sp³-hybridized carbons (Fsp3) is 0.138. The van der Waals surface area contributed by atoms with Crippen LogP contribution in [0.3, 0.4) is 0 Å². The summed E-state index contributed by atoms with van der Waals surface area (Å²) in [7, 11) is -3.45. The summed E-state index contributed by atoms with van der Waals surface area (Å²) >= 11 is 0. The molecule has 0 saturated heterocycles. The molecule has 13 heteroatoms. The molecule has 0 radical (unpaired) electrons. The fourth-order valence-corrected chi connectivity index (χ4v) is 5.09. The summed E-state index contributed by atoms with van der Waals surface area (Å²) in [5, 5.41) is 11.1. The first-order chi connectivity index (χ1) is 20.2. The zero-order chi connectivity index (χ0) is 29.4. The summed E-state index contributed by atoms with van der Waals surface area (Å²) in [6, 6.07) is 13.6. The summed E-state index contributed by atoms with van der Waals surface area (Å²) < 4.78 is 40.0. The number of amides is 1. The van der Waals surface area contributed by atoms with E-state index >= 15 is 0 Å². The van der Waals surface area contributed by atoms with Crippen LogP contribution in [0.4, 0.5) is 10.1 Å². The maximum Gasteiger partial charge on any atom is 0.224 e. The van der Waals surface area contributed by atoms with Gasteiger partial charge in [-0.15, -0.1) is 0 Å². The first kappa shape index (κ1) is 27.2. The second-order valence-electron chi connectivity index (χ2n) is 9.77. The van der Waals surface area contributed by atoms with E-state index in [1.54, 1.807) is 31.6 Å². The topological polar surface area (TPSA) is 158 Å². The number of hydrogen-bond acceptors (Lipinski definition) is 7. The van der Waals surface area contributed by atoms with E-state index in [4.69, 9.17) is 4.98 Å². The van der Waals surface area contributed by atoms with Crippen molar-refractivity contribution in [1.82, 2.24) is 34.9 Å². The predicted octanol–water partition coefficient (Wildman–Crippen LogP) is 4.77. The monoisotopic (exact) mass is 584 g/mol. The van der Waals surface area contributed by atoms with Crippen molar-refractivity contribution in [3.8, 4) is 33.9 Å². The largest absolute Gasteiger partial charge is 0.353 e. The number of benzene rings is 1. The minimum Gasteiger partial charge on any atom is -0.353 e. The van der Waals surface area contributed by atoms with E-state index in [0.29, 0.717) is 51.5 Å². The molecule has 0 atom stereocenters. The third-order valence-electron chi connectivity index (χ3n) is 6.62. The summed E-state index contributed by atoms with van der Waals surface area (Å²) in [5.41, 5.74) is 6.82. The van der Waals surface area contributed by atoms with Gasteiger partial charge >= 0.3 is 0 Å². The van der Waals surface area contributed by atoms with Crippen LogP contribution in [0.15, 0.2) is 67.1 Å². The average Bonchev–Trinajstić information content (AvgIpc) is 3.59. The van der Waals surface area contributed by atoms with E-state index in [1.807, 2.05) is 30.3 Å². The summed E-state index contributed by atoms with van der Waals surface area (Å²) in [5.74, 6) is -0.614. The predicted molar refractivity (Wildman–Crippen MR) is 158 cm³/mol. The highest BCUT2D eigenvalue weighted by Gasteiger charge is 2.17. The number of carbonyl (C=O) groups is 1. The van der Waals surface area contributed by atoms with Gasteiger partial charge in [0.15, 0.2) is 0 Å². The molecule has 0 saturated carbocycles. The van der Waals surface area contributed by atoms with Gasteiger partial charge in [0.05, 0.1) is 40.7 Å². The van der Waals surface area contributed by atoms with Gasteiger partial charge < -0.3 is 10.3 Å². The Hall–Kier alpha value is -5.01. The number of carbonyl (C=O) groups excluding carboxylic acids is 1. The van der Waals surface area contributed by atoms with Gasteiger partial charge in [0.25, 0.3) is 0 Å². The van der Waals surface area contributed by atoms with Gasteiger partial charge in [0.1, 0.15) is 17.0 Å². The lowest BCUT2D eigenvalue weighted by Crippen LogP contribution is -2.21. The van der Waals surface area contributed by atoms with E-state index in [2.05, 4.69) is 35.2 Å². The van der Waals surface area contributed by atoms with Gasteiger partial charge in [-0.2, -0.15) is 5.10 Å². The third-order valence-corrected chi connectivity index (χ3v) is 7.29. The third kappa shape index (κ3) is 5.60. The fourth-order valence-electron chi connectivity index (χ4n) is 4.66. The number of H-pyrrole nitrogens is 2. The van der Waals surface area contributed by atoms with E-state index < -0.39 is 15.8 Å². The van der Waals surface area contributed by atoms with Crippen molar-refractivity contribution < 1.29 is 17.6 Å². The van der Waals surface area contributed by atoms with Crippen molar-refractivity contribution in [1.29, 1.82) is 0 Å². The number of nitrogens with zero attached hydrogens (tertiary/aromatic N) is 4. The molecule has 1 aromatic carbocycles. The number of aromatic nitrogens is 6. The molecule has 0 spiro atoms. The van der Waals surface area contributed by atoms with Crippen molar-refractivity contribution in [2.24, 2.45) is 0 Å². The van der Waals surface area contributed by atoms with Crippen molar-refractivity contribution in [3.05, 3.63) is 78.5 Å². The smallest absolute Gasteiger partial charge is 0.224 e. The van der Waals surface area contributed by atoms with E-state index in [0.717, 1.165) is 28.2 Å². The lowest BCUT2D eigenvalue weighted by molar-refractivity contribution is -0.115. The van der Waals surface area contributed by atoms with Crippen LogP contribution in [0.2, 0.25) is 0 Å². The summed E-state index contributed by atoms with van der Waals surface area (Å²) in [4.78, 5) is 28.8. The molecule has 4 N–H and O–H groups in total. The number of rotatable bonds is 8. The number of halogens is 1. The Morgan fingerprint density at radius 2 is 1.86 bits per heavy atom. The molecule has 1 amide bonds. The normalized spacial score (nSPS) is 11.8. The van der Waals surface area contributed by atoms with E-state index in [-0.39, 0.29) is 12.5 Å². The van der Waals surface area contributed by atoms with Crippen LogP contribution < -0.4 is 10.0 Å². The zero-order valence-corrected chi connectivity index (χ0v) is 23.4. The Morgan fingerprint density at radius 3 is 2.67 bits per heavy atom. The highest BCUT2D eigenvalue weighted by Crippen LogP contribution is 2.34. The molecule has 5 aromatic heterocycles. The summed E-state index contributed by atoms with van der Waals surface area (Å²) in [6.45, 7) is 1.73. The molecule has 6 aromatic rings. The van der Waals surface area contributed by atoms with Crippen molar-refractivity contribution in [2.75, 3.05) is 11.6 Å². The SMILES string of the molecule is CCC(=O)Nc1cncc(-c2ccc3[nH]nc(-c4cc5c(-c6cc(F)cc(CNS(C)(=O)=O)c6)nccc5[nH]4)c3n2)c1. The van der Waals surface area contributed by atoms with E-state index in [1.165, 1.54) is 12.1 Å². The van der Waals surface area contributed by atoms with Crippen LogP contribution in [0, 0.1) is 5.82 Å². The molecule has 0 aliphatic carbocycles. The number of anilines is 1. The molecule has 0 aliphatic heterocycles. The Balaban J connectivity index is 1.39. The molecule has 0 fully saturated rings. The van der Waals surface area contributed by atoms with Gasteiger partial charge in [-0.25, -0.2) is 22.5 Å². The van der Waals surface area contributed by atoms with Crippen molar-refractivity contribution in [3.63, 3.8) is 0 Å². The molecule has 11 nitrogen and oxygen atoms in total. The minimum absolute atomic E-state index is 0.0470. The highest BCUT2D eigenvalue weighted by atomic mass is 32.2. The summed E-state index contributed by atoms with van der Waals surface area (Å²) in [6.07, 6.45) is 6.28. The van der Waals surface area contributed by atoms with Crippen LogP contribution in [-0.4, -0.2) is 50.7 Å². The Bertz CT molecular complexity index is 2090. The number of fused-ring (bicyclic) bond motifs is 2. The van der Waals surface area contributed by atoms with Crippen molar-refractivity contribution in [2.45, 2.75) is 19.9 Å². The van der Waals surface area contributed by atoms with E-state index in [9.17, 15) is 17.6 Å². The Labute approximate surface area is 239 Å². The van der Waals surface area contributed by atoms with Crippen LogP contribution >= 0.6 is 0 Å². The first-order valence-electron chi connectivity index (χ1n) is 13.0. The van der Waals surface area contributed by atoms with Gasteiger partial charge in [0.2, 0.25) is 15.9 Å². The molecule has 42 heavy (non-hydrogen) atoms. The average molecular weight is 585 g/mol. The van der Waals surface area contributed by atoms with Crippen LogP contribution in [0.25, 0.3) is 55.8 Å². The zero-order valence-electron chi connectivity index (χ0n) is 22.6. The first-order valence-corrected chi connectivity index (χ1v) is 14.9. The number of pyridine rings is 3. The maximum absolute atomic E-state index is 14.6. The molecule has 0 bridgehead atoms. The molecule has 6 rings (SSSR count). The Morgan fingerprint density at radius 1 is 1.00 bits per heavy atom. The van der Waals surface area contributed by atoms with Crippen LogP contribution in [-0.2, 0) is 21.4 Å². The number of aromatic amines is 2. The number of sulfonamides is 1. The standard InChI is InChI=1S/C29H25FN8O3S/c1-3-26(39)34-20-11-18(14-31-15-20)22-4-5-24-28(36-22)29(38-37-24)25-12-21-23(35-25)6-7-32-27(21)17-8-16(9-19(30)10-17)13-33-42(2,40)41/h4-12,14-15,33,35H,3,13H2,1-2H3,(H,34,39)(H,37,38). The molecule has 0 unspecified atom stereocenters. The maximum atomic E-state index is 14.6. The lowest BCUT2D eigenvalue weighted by Gasteiger charge is -2.08. The quantitative estimate of drug-likeness (QED) is 0.201. The molecule has 0 aliphatic rings. The second-order valence-corrected chi connectivity index (χ2v) is 11.6. The lowest BCUT2D eigenvalue weighted by atomic mass is 10.0. The van der Waals surface area contributed by atoms with Crippen molar-refractivity contribution >= 4 is 43.6 Å². The molecule has 212 valence electrons. The van der Waals surface area contributed by atoms with Gasteiger partial charge in [-0.05, 0) is 54.1 Å². The molecular weight excluding hydrogens is 559 g/mol. The second kappa shape index (κ2) is 10.8. The minimum atomic E-state index is -3.45. The van der Waals surface area contributed by atoms with Gasteiger partial charge in [-0.1, -0.05) is 6.92 Å². The highest BCUT2D eigenvalue weighted by molar-refractivity contribution is 7.88. The molecular formula is C29H25FN8O3S. The Kier molecular flexibility index (Phi) is 6.96. The molecule has 5 heterocycles. The number of nitrogens with one attached hydrogen (secondary N) is 4. The van der Waals surface area contributed by atoms with Crippen LogP contribution in [0.1, 0.15) is 18.9 Å². The van der Waals surface area contributed by atoms with Gasteiger partial charge in [0, 0.05) is 47.4 Å². The number of hydrogen-bond donors (Lipinski definition) is 4. The van der Waals surface area contributed by atoms with Gasteiger partial charge in [-0.3, -0.25) is 19.9 Å². The van der Waals surface area contributed by atoms with Crippen LogP contribution in [0.5, 0.6) is 0 Å².